The first-order valence-electron chi connectivity index (χ1n) is 6.22. The molecule has 1 aromatic carbocycles. The van der Waals surface area contributed by atoms with E-state index in [1.807, 2.05) is 5.32 Å². The second-order valence-corrected chi connectivity index (χ2v) is 5.12. The number of hydrogen-bond acceptors (Lipinski definition) is 2. The van der Waals surface area contributed by atoms with Crippen molar-refractivity contribution in [2.75, 3.05) is 0 Å². The number of carbonyl (C=O) groups excluding carboxylic acids is 1. The molecule has 2 aliphatic heterocycles. The number of urea groups is 1. The number of aliphatic imine (C=N–C) groups is 1. The molecule has 3 rings (SSSR count). The van der Waals surface area contributed by atoms with Gasteiger partial charge < -0.3 is 5.32 Å². The summed E-state index contributed by atoms with van der Waals surface area (Å²) in [6.07, 6.45) is 0.729. The van der Waals surface area contributed by atoms with Crippen molar-refractivity contribution in [1.82, 2.24) is 10.2 Å². The first-order valence-corrected chi connectivity index (χ1v) is 6.60. The lowest BCUT2D eigenvalue weighted by atomic mass is 9.95. The fourth-order valence-electron chi connectivity index (χ4n) is 2.43. The Labute approximate surface area is 128 Å². The number of allylic oxidation sites excluding steroid dienone is 2. The van der Waals surface area contributed by atoms with E-state index in [4.69, 9.17) is 11.6 Å². The minimum absolute atomic E-state index is 0.0847. The summed E-state index contributed by atoms with van der Waals surface area (Å²) >= 11 is 5.75. The van der Waals surface area contributed by atoms with Gasteiger partial charge in [-0.05, 0) is 24.3 Å². The van der Waals surface area contributed by atoms with Gasteiger partial charge in [0, 0.05) is 16.8 Å². The lowest BCUT2D eigenvalue weighted by molar-refractivity contribution is -0.227. The molecule has 0 aliphatic carbocycles. The Kier molecular flexibility index (Phi) is 3.25. The van der Waals surface area contributed by atoms with Crippen LogP contribution in [0.3, 0.4) is 0 Å². The first kappa shape index (κ1) is 14.6. The maximum atomic E-state index is 13.9. The average Bonchev–Trinajstić information content (AvgIpc) is 2.46. The van der Waals surface area contributed by atoms with Gasteiger partial charge in [0.25, 0.3) is 0 Å². The van der Waals surface area contributed by atoms with Crippen LogP contribution in [0.25, 0.3) is 0 Å². The zero-order valence-electron chi connectivity index (χ0n) is 10.9. The number of benzene rings is 1. The van der Waals surface area contributed by atoms with Gasteiger partial charge in [-0.15, -0.1) is 0 Å². The Morgan fingerprint density at radius 2 is 1.86 bits per heavy atom. The molecular formula is C14H9ClF3N3O. The molecule has 4 nitrogen and oxygen atoms in total. The van der Waals surface area contributed by atoms with Gasteiger partial charge in [0.15, 0.2) is 0 Å². The van der Waals surface area contributed by atoms with E-state index in [2.05, 4.69) is 4.99 Å². The predicted molar refractivity (Wildman–Crippen MR) is 75.3 cm³/mol. The van der Waals surface area contributed by atoms with E-state index < -0.39 is 17.9 Å². The SMILES string of the molecule is O=C1N=C2C=CC=CN2C(c2ccc(Cl)cc2)(C(F)(F)F)N1. The topological polar surface area (TPSA) is 44.7 Å². The van der Waals surface area contributed by atoms with Crippen molar-refractivity contribution < 1.29 is 18.0 Å². The summed E-state index contributed by atoms with van der Waals surface area (Å²) in [7, 11) is 0. The highest BCUT2D eigenvalue weighted by Gasteiger charge is 2.63. The van der Waals surface area contributed by atoms with Gasteiger partial charge >= 0.3 is 12.2 Å². The molecular weight excluding hydrogens is 319 g/mol. The number of alkyl halides is 3. The molecule has 22 heavy (non-hydrogen) atoms. The smallest absolute Gasteiger partial charge is 0.301 e. The van der Waals surface area contributed by atoms with Gasteiger partial charge in [-0.25, -0.2) is 4.79 Å². The molecule has 1 unspecified atom stereocenters. The van der Waals surface area contributed by atoms with Crippen LogP contribution in [-0.4, -0.2) is 22.9 Å². The molecule has 1 N–H and O–H groups in total. The fraction of sp³-hybridized carbons (Fsp3) is 0.143. The van der Waals surface area contributed by atoms with E-state index >= 15 is 0 Å². The highest BCUT2D eigenvalue weighted by molar-refractivity contribution is 6.30. The fourth-order valence-corrected chi connectivity index (χ4v) is 2.56. The van der Waals surface area contributed by atoms with Crippen molar-refractivity contribution >= 4 is 23.5 Å². The molecule has 0 saturated heterocycles. The highest BCUT2D eigenvalue weighted by Crippen LogP contribution is 2.44. The Morgan fingerprint density at radius 3 is 2.50 bits per heavy atom. The molecule has 0 radical (unpaired) electrons. The van der Waals surface area contributed by atoms with Gasteiger partial charge in [-0.2, -0.15) is 18.2 Å². The molecule has 8 heteroatoms. The van der Waals surface area contributed by atoms with Gasteiger partial charge in [0.1, 0.15) is 5.84 Å². The molecule has 114 valence electrons. The van der Waals surface area contributed by atoms with Crippen molar-refractivity contribution in [3.63, 3.8) is 0 Å². The second kappa shape index (κ2) is 4.88. The van der Waals surface area contributed by atoms with Crippen LogP contribution in [0, 0.1) is 0 Å². The minimum atomic E-state index is -4.78. The number of nitrogens with one attached hydrogen (secondary N) is 1. The van der Waals surface area contributed by atoms with Gasteiger partial charge in [0.05, 0.1) is 0 Å². The largest absolute Gasteiger partial charge is 0.435 e. The van der Waals surface area contributed by atoms with Crippen LogP contribution >= 0.6 is 11.6 Å². The molecule has 0 aromatic heterocycles. The lowest BCUT2D eigenvalue weighted by Crippen LogP contribution is -2.68. The standard InChI is InChI=1S/C14H9ClF3N3O/c15-10-6-4-9(5-7-10)13(14(16,17)18)20-12(22)19-11-3-1-2-8-21(11)13/h1-8H,(H,20,22). The maximum Gasteiger partial charge on any atom is 0.435 e. The lowest BCUT2D eigenvalue weighted by Gasteiger charge is -2.46. The molecule has 2 amide bonds. The van der Waals surface area contributed by atoms with Crippen LogP contribution in [0.15, 0.2) is 53.7 Å². The van der Waals surface area contributed by atoms with Crippen molar-refractivity contribution in [1.29, 1.82) is 0 Å². The molecule has 0 bridgehead atoms. The predicted octanol–water partition coefficient (Wildman–Crippen LogP) is 3.56. The van der Waals surface area contributed by atoms with E-state index in [0.717, 1.165) is 4.90 Å². The number of hydrogen-bond donors (Lipinski definition) is 1. The summed E-state index contributed by atoms with van der Waals surface area (Å²) in [5, 5.41) is 2.25. The summed E-state index contributed by atoms with van der Waals surface area (Å²) in [5.41, 5.74) is -2.89. The van der Waals surface area contributed by atoms with E-state index in [0.29, 0.717) is 5.02 Å². The number of amidine groups is 1. The zero-order valence-corrected chi connectivity index (χ0v) is 11.7. The highest BCUT2D eigenvalue weighted by atomic mass is 35.5. The molecule has 2 heterocycles. The van der Waals surface area contributed by atoms with Crippen molar-refractivity contribution in [2.24, 2.45) is 4.99 Å². The summed E-state index contributed by atoms with van der Waals surface area (Å²) in [6.45, 7) is 0. The number of halogens is 4. The third-order valence-corrected chi connectivity index (χ3v) is 3.63. The van der Waals surface area contributed by atoms with Crippen LogP contribution in [0.2, 0.25) is 5.02 Å². The Bertz CT molecular complexity index is 709. The molecule has 1 aromatic rings. The van der Waals surface area contributed by atoms with E-state index in [-0.39, 0.29) is 11.4 Å². The van der Waals surface area contributed by atoms with Gasteiger partial charge in [0.2, 0.25) is 5.66 Å². The van der Waals surface area contributed by atoms with Crippen LogP contribution in [-0.2, 0) is 5.66 Å². The monoisotopic (exact) mass is 327 g/mol. The van der Waals surface area contributed by atoms with Crippen molar-refractivity contribution in [3.05, 3.63) is 59.3 Å². The van der Waals surface area contributed by atoms with Crippen LogP contribution in [0.1, 0.15) is 5.56 Å². The van der Waals surface area contributed by atoms with Crippen LogP contribution in [0.5, 0.6) is 0 Å². The van der Waals surface area contributed by atoms with Crippen LogP contribution < -0.4 is 5.32 Å². The summed E-state index contributed by atoms with van der Waals surface area (Å²) < 4.78 is 41.8. The normalized spacial score (nSPS) is 23.9. The molecule has 2 aliphatic rings. The van der Waals surface area contributed by atoms with E-state index in [9.17, 15) is 18.0 Å². The molecule has 0 saturated carbocycles. The minimum Gasteiger partial charge on any atom is -0.301 e. The second-order valence-electron chi connectivity index (χ2n) is 4.69. The molecule has 0 spiro atoms. The third-order valence-electron chi connectivity index (χ3n) is 3.38. The van der Waals surface area contributed by atoms with Gasteiger partial charge in [-0.1, -0.05) is 29.8 Å². The third kappa shape index (κ3) is 2.09. The maximum absolute atomic E-state index is 13.9. The summed E-state index contributed by atoms with van der Waals surface area (Å²) in [4.78, 5) is 16.2. The number of fused-ring (bicyclic) bond motifs is 1. The Balaban J connectivity index is 2.25. The quantitative estimate of drug-likeness (QED) is 0.857. The Hall–Kier alpha value is -2.28. The first-order chi connectivity index (χ1) is 10.3. The average molecular weight is 328 g/mol. The molecule has 1 atom stereocenters. The van der Waals surface area contributed by atoms with E-state index in [1.165, 1.54) is 48.7 Å². The van der Waals surface area contributed by atoms with Crippen molar-refractivity contribution in [2.45, 2.75) is 11.8 Å². The number of nitrogens with zero attached hydrogens (tertiary/aromatic N) is 2. The molecule has 0 fully saturated rings. The van der Waals surface area contributed by atoms with Gasteiger partial charge in [-0.3, -0.25) is 4.90 Å². The summed E-state index contributed by atoms with van der Waals surface area (Å²) in [6, 6.07) is 4.08. The van der Waals surface area contributed by atoms with Crippen molar-refractivity contribution in [3.8, 4) is 0 Å². The van der Waals surface area contributed by atoms with E-state index in [1.54, 1.807) is 0 Å². The number of carbonyl (C=O) groups is 1. The number of amides is 2. The number of rotatable bonds is 1. The Morgan fingerprint density at radius 1 is 1.18 bits per heavy atom. The van der Waals surface area contributed by atoms with Crippen LogP contribution in [0.4, 0.5) is 18.0 Å². The zero-order chi connectivity index (χ0) is 16.0. The summed E-state index contributed by atoms with van der Waals surface area (Å²) in [5.74, 6) is -0.0847.